The van der Waals surface area contributed by atoms with E-state index in [-0.39, 0.29) is 12.3 Å². The fourth-order valence-electron chi connectivity index (χ4n) is 1.32. The van der Waals surface area contributed by atoms with Gasteiger partial charge in [0.05, 0.1) is 11.9 Å². The third kappa shape index (κ3) is 4.61. The fourth-order valence-corrected chi connectivity index (χ4v) is 3.14. The molecular formula is C10H17NO3S2. The van der Waals surface area contributed by atoms with Crippen LogP contribution in [0.15, 0.2) is 16.8 Å². The Labute approximate surface area is 100 Å². The first-order chi connectivity index (χ1) is 7.55. The van der Waals surface area contributed by atoms with E-state index >= 15 is 0 Å². The highest BCUT2D eigenvalue weighted by molar-refractivity contribution is 7.89. The van der Waals surface area contributed by atoms with Crippen LogP contribution in [0.5, 0.6) is 0 Å². The van der Waals surface area contributed by atoms with Crippen LogP contribution < -0.4 is 4.72 Å². The molecule has 0 radical (unpaired) electrons. The number of hydrogen-bond donors (Lipinski definition) is 2. The van der Waals surface area contributed by atoms with E-state index in [0.717, 1.165) is 5.56 Å². The first-order valence-corrected chi connectivity index (χ1v) is 7.82. The quantitative estimate of drug-likeness (QED) is 0.783. The highest BCUT2D eigenvalue weighted by atomic mass is 32.2. The van der Waals surface area contributed by atoms with Crippen LogP contribution in [0.1, 0.15) is 31.4 Å². The third-order valence-electron chi connectivity index (χ3n) is 2.14. The molecule has 0 spiro atoms. The molecule has 0 aliphatic rings. The van der Waals surface area contributed by atoms with Gasteiger partial charge in [0.15, 0.2) is 0 Å². The molecule has 2 N–H and O–H groups in total. The predicted octanol–water partition coefficient (Wildman–Crippen LogP) is 1.50. The molecule has 92 valence electrons. The highest BCUT2D eigenvalue weighted by Gasteiger charge is 2.11. The van der Waals surface area contributed by atoms with Crippen molar-refractivity contribution in [1.82, 2.24) is 4.72 Å². The Morgan fingerprint density at radius 2 is 2.31 bits per heavy atom. The van der Waals surface area contributed by atoms with Crippen LogP contribution in [0.2, 0.25) is 0 Å². The van der Waals surface area contributed by atoms with Crippen molar-refractivity contribution in [3.05, 3.63) is 22.4 Å². The molecule has 0 aromatic carbocycles. The van der Waals surface area contributed by atoms with Crippen molar-refractivity contribution in [2.45, 2.75) is 25.9 Å². The van der Waals surface area contributed by atoms with E-state index in [1.807, 2.05) is 23.8 Å². The largest absolute Gasteiger partial charge is 0.388 e. The Bertz CT molecular complexity index is 386. The summed E-state index contributed by atoms with van der Waals surface area (Å²) in [6.45, 7) is 2.10. The zero-order valence-electron chi connectivity index (χ0n) is 9.22. The molecule has 0 aliphatic carbocycles. The maximum atomic E-state index is 11.3. The second kappa shape index (κ2) is 6.34. The SMILES string of the molecule is CCCS(=O)(=O)NCCC(O)c1ccsc1. The molecule has 6 heteroatoms. The molecule has 1 aromatic heterocycles. The predicted molar refractivity (Wildman–Crippen MR) is 66.0 cm³/mol. The molecule has 0 fully saturated rings. The smallest absolute Gasteiger partial charge is 0.211 e. The molecule has 1 aromatic rings. The lowest BCUT2D eigenvalue weighted by molar-refractivity contribution is 0.169. The second-order valence-electron chi connectivity index (χ2n) is 3.57. The van der Waals surface area contributed by atoms with Crippen molar-refractivity contribution in [2.24, 2.45) is 0 Å². The molecule has 0 saturated carbocycles. The van der Waals surface area contributed by atoms with Gasteiger partial charge in [0, 0.05) is 6.54 Å². The Hall–Kier alpha value is -0.430. The van der Waals surface area contributed by atoms with Crippen LogP contribution in [-0.4, -0.2) is 25.8 Å². The molecule has 0 bridgehead atoms. The van der Waals surface area contributed by atoms with Crippen LogP contribution in [0.4, 0.5) is 0 Å². The summed E-state index contributed by atoms with van der Waals surface area (Å²) >= 11 is 1.52. The Balaban J connectivity index is 2.31. The number of thiophene rings is 1. The van der Waals surface area contributed by atoms with E-state index in [2.05, 4.69) is 4.72 Å². The normalized spacial score (nSPS) is 13.9. The van der Waals surface area contributed by atoms with Crippen LogP contribution in [-0.2, 0) is 10.0 Å². The monoisotopic (exact) mass is 263 g/mol. The molecule has 0 saturated heterocycles. The first-order valence-electron chi connectivity index (χ1n) is 5.22. The summed E-state index contributed by atoms with van der Waals surface area (Å²) in [6.07, 6.45) is 0.415. The Morgan fingerprint density at radius 3 is 2.88 bits per heavy atom. The number of aliphatic hydroxyl groups is 1. The van der Waals surface area contributed by atoms with Crippen molar-refractivity contribution < 1.29 is 13.5 Å². The molecular weight excluding hydrogens is 246 g/mol. The standard InChI is InChI=1S/C10H17NO3S2/c1-2-7-16(13,14)11-5-3-10(12)9-4-6-15-8-9/h4,6,8,10-12H,2-3,5,7H2,1H3. The molecule has 1 heterocycles. The lowest BCUT2D eigenvalue weighted by atomic mass is 10.1. The summed E-state index contributed by atoms with van der Waals surface area (Å²) in [5.41, 5.74) is 0.847. The molecule has 4 nitrogen and oxygen atoms in total. The maximum absolute atomic E-state index is 11.3. The summed E-state index contributed by atoms with van der Waals surface area (Å²) in [5.74, 6) is 0.140. The van der Waals surface area contributed by atoms with Gasteiger partial charge < -0.3 is 5.11 Å². The molecule has 1 atom stereocenters. The van der Waals surface area contributed by atoms with Crippen LogP contribution >= 0.6 is 11.3 Å². The van der Waals surface area contributed by atoms with E-state index in [1.165, 1.54) is 11.3 Å². The summed E-state index contributed by atoms with van der Waals surface area (Å²) in [4.78, 5) is 0. The molecule has 16 heavy (non-hydrogen) atoms. The topological polar surface area (TPSA) is 66.4 Å². The number of aliphatic hydroxyl groups excluding tert-OH is 1. The van der Waals surface area contributed by atoms with Gasteiger partial charge in [0.1, 0.15) is 0 Å². The highest BCUT2D eigenvalue weighted by Crippen LogP contribution is 2.18. The minimum absolute atomic E-state index is 0.140. The summed E-state index contributed by atoms with van der Waals surface area (Å²) in [5, 5.41) is 13.5. The molecule has 0 amide bonds. The zero-order valence-corrected chi connectivity index (χ0v) is 10.9. The maximum Gasteiger partial charge on any atom is 0.211 e. The molecule has 0 aliphatic heterocycles. The zero-order chi connectivity index (χ0) is 12.0. The van der Waals surface area contributed by atoms with Crippen LogP contribution in [0.25, 0.3) is 0 Å². The number of rotatable bonds is 7. The summed E-state index contributed by atoms with van der Waals surface area (Å²) in [7, 11) is -3.15. The lowest BCUT2D eigenvalue weighted by Gasteiger charge is -2.09. The van der Waals surface area contributed by atoms with Crippen molar-refractivity contribution in [2.75, 3.05) is 12.3 Å². The van der Waals surface area contributed by atoms with Gasteiger partial charge in [0.2, 0.25) is 10.0 Å². The van der Waals surface area contributed by atoms with Crippen molar-refractivity contribution in [3.63, 3.8) is 0 Å². The van der Waals surface area contributed by atoms with Gasteiger partial charge in [-0.3, -0.25) is 0 Å². The minimum Gasteiger partial charge on any atom is -0.388 e. The van der Waals surface area contributed by atoms with Crippen LogP contribution in [0.3, 0.4) is 0 Å². The van der Waals surface area contributed by atoms with Crippen molar-refractivity contribution in [3.8, 4) is 0 Å². The Morgan fingerprint density at radius 1 is 1.56 bits per heavy atom. The van der Waals surface area contributed by atoms with E-state index in [1.54, 1.807) is 0 Å². The number of nitrogens with one attached hydrogen (secondary N) is 1. The van der Waals surface area contributed by atoms with Gasteiger partial charge in [-0.2, -0.15) is 11.3 Å². The fraction of sp³-hybridized carbons (Fsp3) is 0.600. The van der Waals surface area contributed by atoms with E-state index in [4.69, 9.17) is 0 Å². The number of hydrogen-bond acceptors (Lipinski definition) is 4. The van der Waals surface area contributed by atoms with Gasteiger partial charge >= 0.3 is 0 Å². The average Bonchev–Trinajstić information content (AvgIpc) is 2.69. The average molecular weight is 263 g/mol. The minimum atomic E-state index is -3.15. The van der Waals surface area contributed by atoms with Gasteiger partial charge in [-0.25, -0.2) is 13.1 Å². The second-order valence-corrected chi connectivity index (χ2v) is 6.28. The van der Waals surface area contributed by atoms with Gasteiger partial charge in [-0.1, -0.05) is 6.92 Å². The first kappa shape index (κ1) is 13.6. The van der Waals surface area contributed by atoms with E-state index in [9.17, 15) is 13.5 Å². The van der Waals surface area contributed by atoms with Crippen molar-refractivity contribution >= 4 is 21.4 Å². The van der Waals surface area contributed by atoms with Gasteiger partial charge in [-0.15, -0.1) is 0 Å². The van der Waals surface area contributed by atoms with E-state index < -0.39 is 16.1 Å². The molecule has 1 unspecified atom stereocenters. The summed E-state index contributed by atoms with van der Waals surface area (Å²) in [6, 6.07) is 1.84. The third-order valence-corrected chi connectivity index (χ3v) is 4.43. The molecule has 1 rings (SSSR count). The Kier molecular flexibility index (Phi) is 5.40. The van der Waals surface area contributed by atoms with Gasteiger partial charge in [0.25, 0.3) is 0 Å². The lowest BCUT2D eigenvalue weighted by Crippen LogP contribution is -2.28. The van der Waals surface area contributed by atoms with E-state index in [0.29, 0.717) is 12.8 Å². The van der Waals surface area contributed by atoms with Crippen LogP contribution in [0, 0.1) is 0 Å². The number of sulfonamides is 1. The summed E-state index contributed by atoms with van der Waals surface area (Å²) < 4.78 is 25.1. The van der Waals surface area contributed by atoms with Gasteiger partial charge in [-0.05, 0) is 35.2 Å². The van der Waals surface area contributed by atoms with Crippen molar-refractivity contribution in [1.29, 1.82) is 0 Å².